The number of esters is 1. The maximum Gasteiger partial charge on any atom is 0.573 e. The fourth-order valence-corrected chi connectivity index (χ4v) is 1.88. The van der Waals surface area contributed by atoms with Gasteiger partial charge in [0.05, 0.1) is 12.2 Å². The lowest BCUT2D eigenvalue weighted by Gasteiger charge is -2.14. The third-order valence-corrected chi connectivity index (χ3v) is 2.52. The van der Waals surface area contributed by atoms with Crippen LogP contribution in [0.4, 0.5) is 13.2 Å². The second kappa shape index (κ2) is 6.10. The molecule has 0 amide bonds. The van der Waals surface area contributed by atoms with Gasteiger partial charge in [0.15, 0.2) is 0 Å². The van der Waals surface area contributed by atoms with Crippen LogP contribution in [0, 0.1) is 14.9 Å². The van der Waals surface area contributed by atoms with Gasteiger partial charge in [-0.05, 0) is 41.6 Å². The molecule has 0 spiro atoms. The van der Waals surface area contributed by atoms with Crippen LogP contribution >= 0.6 is 22.6 Å². The van der Waals surface area contributed by atoms with Gasteiger partial charge >= 0.3 is 12.3 Å². The van der Waals surface area contributed by atoms with E-state index in [0.29, 0.717) is 3.57 Å². The average Bonchev–Trinajstić information content (AvgIpc) is 2.25. The SMILES string of the molecule is CCOC(=O)c1c(C#N)cc(I)cc1OC(F)(F)F. The molecule has 0 saturated heterocycles. The molecule has 4 nitrogen and oxygen atoms in total. The van der Waals surface area contributed by atoms with Crippen molar-refractivity contribution in [1.29, 1.82) is 5.26 Å². The summed E-state index contributed by atoms with van der Waals surface area (Å²) in [6, 6.07) is 3.94. The van der Waals surface area contributed by atoms with Crippen LogP contribution in [0.5, 0.6) is 5.75 Å². The summed E-state index contributed by atoms with van der Waals surface area (Å²) >= 11 is 1.72. The van der Waals surface area contributed by atoms with Gasteiger partial charge in [-0.3, -0.25) is 0 Å². The molecule has 0 atom stereocenters. The fourth-order valence-electron chi connectivity index (χ4n) is 1.29. The minimum absolute atomic E-state index is 0.0266. The number of hydrogen-bond acceptors (Lipinski definition) is 4. The van der Waals surface area contributed by atoms with Crippen molar-refractivity contribution in [2.45, 2.75) is 13.3 Å². The monoisotopic (exact) mass is 385 g/mol. The lowest BCUT2D eigenvalue weighted by atomic mass is 10.1. The Balaban J connectivity index is 3.38. The molecule has 8 heteroatoms. The van der Waals surface area contributed by atoms with Gasteiger partial charge in [0.25, 0.3) is 0 Å². The highest BCUT2D eigenvalue weighted by atomic mass is 127. The zero-order valence-corrected chi connectivity index (χ0v) is 11.7. The molecule has 19 heavy (non-hydrogen) atoms. The van der Waals surface area contributed by atoms with Gasteiger partial charge in [0, 0.05) is 3.57 Å². The number of benzene rings is 1. The summed E-state index contributed by atoms with van der Waals surface area (Å²) in [6.45, 7) is 1.47. The lowest BCUT2D eigenvalue weighted by molar-refractivity contribution is -0.274. The normalized spacial score (nSPS) is 10.7. The van der Waals surface area contributed by atoms with Crippen molar-refractivity contribution in [1.82, 2.24) is 0 Å². The minimum Gasteiger partial charge on any atom is -0.462 e. The Hall–Kier alpha value is -1.50. The maximum absolute atomic E-state index is 12.3. The molecule has 0 radical (unpaired) electrons. The van der Waals surface area contributed by atoms with Gasteiger partial charge in [-0.15, -0.1) is 13.2 Å². The van der Waals surface area contributed by atoms with Crippen molar-refractivity contribution in [3.63, 3.8) is 0 Å². The Morgan fingerprint density at radius 1 is 1.47 bits per heavy atom. The van der Waals surface area contributed by atoms with E-state index in [9.17, 15) is 18.0 Å². The molecule has 0 fully saturated rings. The van der Waals surface area contributed by atoms with Crippen LogP contribution < -0.4 is 4.74 Å². The van der Waals surface area contributed by atoms with Gasteiger partial charge < -0.3 is 9.47 Å². The quantitative estimate of drug-likeness (QED) is 0.592. The molecule has 0 aliphatic rings. The Morgan fingerprint density at radius 3 is 2.58 bits per heavy atom. The largest absolute Gasteiger partial charge is 0.573 e. The Bertz CT molecular complexity index is 537. The molecular weight excluding hydrogens is 378 g/mol. The van der Waals surface area contributed by atoms with Crippen LogP contribution in [0.25, 0.3) is 0 Å². The number of halogens is 4. The Kier molecular flexibility index (Phi) is 4.99. The molecule has 102 valence electrons. The highest BCUT2D eigenvalue weighted by Crippen LogP contribution is 2.31. The number of carbonyl (C=O) groups excluding carboxylic acids is 1. The molecule has 0 saturated carbocycles. The van der Waals surface area contributed by atoms with E-state index in [1.165, 1.54) is 13.0 Å². The lowest BCUT2D eigenvalue weighted by Crippen LogP contribution is -2.20. The molecule has 0 bridgehead atoms. The van der Waals surface area contributed by atoms with E-state index < -0.39 is 23.6 Å². The summed E-state index contributed by atoms with van der Waals surface area (Å²) in [4.78, 5) is 11.6. The number of alkyl halides is 3. The second-order valence-electron chi connectivity index (χ2n) is 3.21. The van der Waals surface area contributed by atoms with Crippen LogP contribution in [0.1, 0.15) is 22.8 Å². The van der Waals surface area contributed by atoms with Gasteiger partial charge in [-0.25, -0.2) is 4.79 Å². The first-order valence-electron chi connectivity index (χ1n) is 4.95. The van der Waals surface area contributed by atoms with E-state index in [0.717, 1.165) is 6.07 Å². The number of rotatable bonds is 3. The number of nitriles is 1. The fraction of sp³-hybridized carbons (Fsp3) is 0.273. The van der Waals surface area contributed by atoms with Crippen LogP contribution in [-0.2, 0) is 4.74 Å². The first kappa shape index (κ1) is 15.6. The van der Waals surface area contributed by atoms with Crippen LogP contribution in [0.3, 0.4) is 0 Å². The zero-order chi connectivity index (χ0) is 14.6. The summed E-state index contributed by atoms with van der Waals surface area (Å²) in [7, 11) is 0. The number of nitrogens with zero attached hydrogens (tertiary/aromatic N) is 1. The van der Waals surface area contributed by atoms with Crippen LogP contribution in [0.2, 0.25) is 0 Å². The number of ether oxygens (including phenoxy) is 2. The molecule has 1 aromatic rings. The predicted molar refractivity (Wildman–Crippen MR) is 66.5 cm³/mol. The third-order valence-electron chi connectivity index (χ3n) is 1.89. The highest BCUT2D eigenvalue weighted by molar-refractivity contribution is 14.1. The summed E-state index contributed by atoms with van der Waals surface area (Å²) in [5, 5.41) is 8.88. The smallest absolute Gasteiger partial charge is 0.462 e. The van der Waals surface area contributed by atoms with E-state index in [2.05, 4.69) is 9.47 Å². The van der Waals surface area contributed by atoms with E-state index >= 15 is 0 Å². The molecule has 1 aromatic carbocycles. The van der Waals surface area contributed by atoms with Crippen molar-refractivity contribution in [3.8, 4) is 11.8 Å². The van der Waals surface area contributed by atoms with E-state index in [-0.39, 0.29) is 12.2 Å². The zero-order valence-electron chi connectivity index (χ0n) is 9.55. The van der Waals surface area contributed by atoms with Crippen molar-refractivity contribution in [2.24, 2.45) is 0 Å². The molecule has 0 unspecified atom stereocenters. The number of hydrogen-bond donors (Lipinski definition) is 0. The van der Waals surface area contributed by atoms with Crippen LogP contribution in [0.15, 0.2) is 12.1 Å². The van der Waals surface area contributed by atoms with E-state index in [1.54, 1.807) is 28.7 Å². The standard InChI is InChI=1S/C11H7F3INO3/c1-2-18-10(17)9-6(5-16)3-7(15)4-8(9)19-11(12,13)14/h3-4H,2H2,1H3. The summed E-state index contributed by atoms with van der Waals surface area (Å²) in [6.07, 6.45) is -4.96. The summed E-state index contributed by atoms with van der Waals surface area (Å²) in [5.74, 6) is -1.77. The first-order chi connectivity index (χ1) is 8.78. The molecule has 0 heterocycles. The maximum atomic E-state index is 12.3. The van der Waals surface area contributed by atoms with Gasteiger partial charge in [0.1, 0.15) is 17.4 Å². The molecular formula is C11H7F3INO3. The topological polar surface area (TPSA) is 59.3 Å². The average molecular weight is 385 g/mol. The van der Waals surface area contributed by atoms with Crippen LogP contribution in [-0.4, -0.2) is 18.9 Å². The summed E-state index contributed by atoms with van der Waals surface area (Å²) in [5.41, 5.74) is -0.758. The van der Waals surface area contributed by atoms with Crippen molar-refractivity contribution < 1.29 is 27.4 Å². The van der Waals surface area contributed by atoms with Gasteiger partial charge in [-0.1, -0.05) is 0 Å². The number of carbonyl (C=O) groups is 1. The van der Waals surface area contributed by atoms with E-state index in [4.69, 9.17) is 5.26 Å². The first-order valence-corrected chi connectivity index (χ1v) is 6.03. The third kappa shape index (κ3) is 4.27. The minimum atomic E-state index is -4.96. The van der Waals surface area contributed by atoms with Gasteiger partial charge in [-0.2, -0.15) is 5.26 Å². The molecule has 1 rings (SSSR count). The Morgan fingerprint density at radius 2 is 2.11 bits per heavy atom. The van der Waals surface area contributed by atoms with Crippen molar-refractivity contribution in [2.75, 3.05) is 6.61 Å². The molecule has 0 N–H and O–H groups in total. The van der Waals surface area contributed by atoms with Crippen molar-refractivity contribution in [3.05, 3.63) is 26.8 Å². The molecule has 0 aliphatic carbocycles. The molecule has 0 aromatic heterocycles. The highest BCUT2D eigenvalue weighted by Gasteiger charge is 2.34. The van der Waals surface area contributed by atoms with E-state index in [1.807, 2.05) is 0 Å². The predicted octanol–water partition coefficient (Wildman–Crippen LogP) is 3.24. The summed E-state index contributed by atoms with van der Waals surface area (Å²) < 4.78 is 45.6. The second-order valence-corrected chi connectivity index (χ2v) is 4.45. The van der Waals surface area contributed by atoms with Gasteiger partial charge in [0.2, 0.25) is 0 Å². The Labute approximate surface area is 120 Å². The molecule has 0 aliphatic heterocycles. The van der Waals surface area contributed by atoms with Crippen molar-refractivity contribution >= 4 is 28.6 Å².